The first-order valence-corrected chi connectivity index (χ1v) is 7.22. The quantitative estimate of drug-likeness (QED) is 0.882. The Morgan fingerprint density at radius 3 is 1.18 bits per heavy atom. The van der Waals surface area contributed by atoms with E-state index in [1.165, 1.54) is 48.5 Å². The molecule has 116 valence electrons. The van der Waals surface area contributed by atoms with E-state index in [9.17, 15) is 18.0 Å². The Morgan fingerprint density at radius 2 is 0.955 bits per heavy atom. The molecule has 0 saturated heterocycles. The Balaban J connectivity index is 0.00000242. The molecule has 0 aromatic heterocycles. The van der Waals surface area contributed by atoms with Gasteiger partial charge in [-0.1, -0.05) is 0 Å². The summed E-state index contributed by atoms with van der Waals surface area (Å²) < 4.78 is 24.6. The maximum atomic E-state index is 12.3. The first-order chi connectivity index (χ1) is 9.82. The van der Waals surface area contributed by atoms with Crippen LogP contribution in [-0.4, -0.2) is 30.6 Å². The summed E-state index contributed by atoms with van der Waals surface area (Å²) in [4.78, 5) is 21.3. The number of hydrogen-bond donors (Lipinski definition) is 2. The van der Waals surface area contributed by atoms with Crippen molar-refractivity contribution < 1.29 is 28.2 Å². The van der Waals surface area contributed by atoms with Gasteiger partial charge in [-0.25, -0.2) is 18.0 Å². The molecule has 0 spiro atoms. The number of sulfone groups is 1. The Kier molecular flexibility index (Phi) is 5.29. The van der Waals surface area contributed by atoms with Gasteiger partial charge in [-0.2, -0.15) is 0 Å². The fourth-order valence-electron chi connectivity index (χ4n) is 1.69. The summed E-state index contributed by atoms with van der Waals surface area (Å²) in [6.07, 6.45) is 0. The second kappa shape index (κ2) is 6.59. The molecule has 0 unspecified atom stereocenters. The van der Waals surface area contributed by atoms with Gasteiger partial charge in [-0.05, 0) is 48.5 Å². The fourth-order valence-corrected chi connectivity index (χ4v) is 2.95. The Labute approximate surface area is 132 Å². The molecule has 2 aromatic carbocycles. The normalized spacial score (nSPS) is 10.5. The van der Waals surface area contributed by atoms with E-state index in [1.54, 1.807) is 0 Å². The van der Waals surface area contributed by atoms with Crippen LogP contribution in [0.2, 0.25) is 0 Å². The number of hydrogen-bond acceptors (Lipinski definition) is 4. The number of carboxylic acid groups (broad SMARTS) is 2. The van der Waals surface area contributed by atoms with E-state index in [-0.39, 0.29) is 33.3 Å². The largest absolute Gasteiger partial charge is 0.478 e. The molecule has 0 amide bonds. The number of rotatable bonds is 4. The van der Waals surface area contributed by atoms with Crippen LogP contribution >= 0.6 is 12.4 Å². The van der Waals surface area contributed by atoms with E-state index in [0.717, 1.165) is 0 Å². The van der Waals surface area contributed by atoms with E-state index >= 15 is 0 Å². The minimum Gasteiger partial charge on any atom is -0.478 e. The molecular weight excluding hydrogens is 332 g/mol. The summed E-state index contributed by atoms with van der Waals surface area (Å²) in [6.45, 7) is 0. The van der Waals surface area contributed by atoms with Crippen molar-refractivity contribution in [2.45, 2.75) is 9.79 Å². The fraction of sp³-hybridized carbons (Fsp3) is 0. The van der Waals surface area contributed by atoms with Crippen molar-refractivity contribution in [1.82, 2.24) is 0 Å². The molecule has 2 aromatic rings. The Morgan fingerprint density at radius 1 is 0.682 bits per heavy atom. The van der Waals surface area contributed by atoms with Gasteiger partial charge in [0.1, 0.15) is 0 Å². The van der Waals surface area contributed by atoms with Crippen molar-refractivity contribution in [3.05, 3.63) is 59.7 Å². The van der Waals surface area contributed by atoms with Crippen molar-refractivity contribution in [1.29, 1.82) is 0 Å². The van der Waals surface area contributed by atoms with Gasteiger partial charge in [0.25, 0.3) is 0 Å². The summed E-state index contributed by atoms with van der Waals surface area (Å²) in [5, 5.41) is 17.5. The van der Waals surface area contributed by atoms with Crippen molar-refractivity contribution >= 4 is 34.2 Å². The van der Waals surface area contributed by atoms with E-state index in [4.69, 9.17) is 10.2 Å². The molecule has 0 bridgehead atoms. The molecular formula is C14H11ClO6S. The molecule has 6 nitrogen and oxygen atoms in total. The van der Waals surface area contributed by atoms with Crippen molar-refractivity contribution in [3.8, 4) is 0 Å². The van der Waals surface area contributed by atoms with Gasteiger partial charge in [-0.15, -0.1) is 12.4 Å². The minimum atomic E-state index is -3.81. The average Bonchev–Trinajstić information content (AvgIpc) is 2.47. The van der Waals surface area contributed by atoms with Gasteiger partial charge in [0.05, 0.1) is 20.9 Å². The highest BCUT2D eigenvalue weighted by Gasteiger charge is 2.18. The molecule has 22 heavy (non-hydrogen) atoms. The number of carboxylic acids is 2. The van der Waals surface area contributed by atoms with Crippen LogP contribution in [0.4, 0.5) is 0 Å². The molecule has 0 atom stereocenters. The molecule has 0 aliphatic carbocycles. The van der Waals surface area contributed by atoms with Gasteiger partial charge in [-0.3, -0.25) is 0 Å². The lowest BCUT2D eigenvalue weighted by molar-refractivity contribution is 0.0686. The summed E-state index contributed by atoms with van der Waals surface area (Å²) in [6, 6.07) is 9.57. The molecule has 0 saturated carbocycles. The Bertz CT molecular complexity index is 731. The van der Waals surface area contributed by atoms with Crippen LogP contribution < -0.4 is 0 Å². The number of halogens is 1. The van der Waals surface area contributed by atoms with Crippen molar-refractivity contribution in [3.63, 3.8) is 0 Å². The van der Waals surface area contributed by atoms with Gasteiger partial charge < -0.3 is 10.2 Å². The van der Waals surface area contributed by atoms with E-state index in [1.807, 2.05) is 0 Å². The van der Waals surface area contributed by atoms with Crippen LogP contribution in [0.25, 0.3) is 0 Å². The summed E-state index contributed by atoms with van der Waals surface area (Å²) in [5.41, 5.74) is -0.0367. The van der Waals surface area contributed by atoms with Crippen molar-refractivity contribution in [2.24, 2.45) is 0 Å². The molecule has 0 aliphatic heterocycles. The third-order valence-corrected chi connectivity index (χ3v) is 4.61. The van der Waals surface area contributed by atoms with Gasteiger partial charge in [0.2, 0.25) is 9.84 Å². The zero-order valence-electron chi connectivity index (χ0n) is 11.0. The Hall–Kier alpha value is -2.38. The summed E-state index contributed by atoms with van der Waals surface area (Å²) in [7, 11) is -3.81. The molecule has 2 rings (SSSR count). The first-order valence-electron chi connectivity index (χ1n) is 5.74. The van der Waals surface area contributed by atoms with Crippen LogP contribution in [0.1, 0.15) is 20.7 Å². The lowest BCUT2D eigenvalue weighted by Crippen LogP contribution is -2.04. The lowest BCUT2D eigenvalue weighted by Gasteiger charge is -2.05. The third kappa shape index (κ3) is 3.44. The predicted octanol–water partition coefficient (Wildman–Crippen LogP) is 2.34. The molecule has 0 aliphatic rings. The number of carbonyl (C=O) groups is 2. The number of benzene rings is 2. The van der Waals surface area contributed by atoms with Crippen LogP contribution in [-0.2, 0) is 9.84 Å². The summed E-state index contributed by atoms with van der Waals surface area (Å²) >= 11 is 0. The van der Waals surface area contributed by atoms with Gasteiger partial charge >= 0.3 is 11.9 Å². The highest BCUT2D eigenvalue weighted by Crippen LogP contribution is 2.21. The molecule has 0 heterocycles. The predicted molar refractivity (Wildman–Crippen MR) is 79.5 cm³/mol. The van der Waals surface area contributed by atoms with E-state index in [0.29, 0.717) is 0 Å². The van der Waals surface area contributed by atoms with Gasteiger partial charge in [0.15, 0.2) is 0 Å². The van der Waals surface area contributed by atoms with E-state index in [2.05, 4.69) is 0 Å². The average molecular weight is 343 g/mol. The monoisotopic (exact) mass is 342 g/mol. The SMILES string of the molecule is Cl.O=C(O)c1ccc(S(=O)(=O)c2ccc(C(=O)O)cc2)cc1. The summed E-state index contributed by atoms with van der Waals surface area (Å²) in [5.74, 6) is -2.30. The maximum Gasteiger partial charge on any atom is 0.335 e. The second-order valence-corrected chi connectivity index (χ2v) is 6.11. The van der Waals surface area contributed by atoms with Gasteiger partial charge in [0, 0.05) is 0 Å². The zero-order valence-corrected chi connectivity index (χ0v) is 12.6. The van der Waals surface area contributed by atoms with Crippen molar-refractivity contribution in [2.75, 3.05) is 0 Å². The number of aromatic carboxylic acids is 2. The topological polar surface area (TPSA) is 109 Å². The highest BCUT2D eigenvalue weighted by atomic mass is 35.5. The smallest absolute Gasteiger partial charge is 0.335 e. The third-order valence-electron chi connectivity index (χ3n) is 2.82. The highest BCUT2D eigenvalue weighted by molar-refractivity contribution is 7.91. The maximum absolute atomic E-state index is 12.3. The first kappa shape index (κ1) is 17.7. The van der Waals surface area contributed by atoms with Crippen LogP contribution in [0.3, 0.4) is 0 Å². The standard InChI is InChI=1S/C14H10O6S.ClH/c15-13(16)9-1-5-11(6-2-9)21(19,20)12-7-3-10(4-8-12)14(17)18;/h1-8H,(H,15,16)(H,17,18);1H. The molecule has 8 heteroatoms. The second-order valence-electron chi connectivity index (χ2n) is 4.16. The van der Waals surface area contributed by atoms with Crippen LogP contribution in [0.5, 0.6) is 0 Å². The van der Waals surface area contributed by atoms with E-state index < -0.39 is 21.8 Å². The molecule has 0 radical (unpaired) electrons. The van der Waals surface area contributed by atoms with Crippen LogP contribution in [0.15, 0.2) is 58.3 Å². The van der Waals surface area contributed by atoms with Crippen LogP contribution in [0, 0.1) is 0 Å². The lowest BCUT2D eigenvalue weighted by atomic mass is 10.2. The minimum absolute atomic E-state index is 0. The zero-order chi connectivity index (χ0) is 15.6. The molecule has 2 N–H and O–H groups in total. The molecule has 0 fully saturated rings.